The van der Waals surface area contributed by atoms with Crippen molar-refractivity contribution < 1.29 is 4.39 Å². The lowest BCUT2D eigenvalue weighted by Gasteiger charge is -2.29. The normalized spacial score (nSPS) is 23.5. The molecular formula is C20H24FN7. The summed E-state index contributed by atoms with van der Waals surface area (Å²) in [5, 5.41) is 12.0. The van der Waals surface area contributed by atoms with E-state index in [0.29, 0.717) is 23.7 Å². The summed E-state index contributed by atoms with van der Waals surface area (Å²) in [6.45, 7) is 2.13. The van der Waals surface area contributed by atoms with E-state index in [-0.39, 0.29) is 23.7 Å². The quantitative estimate of drug-likeness (QED) is 0.749. The van der Waals surface area contributed by atoms with E-state index in [9.17, 15) is 4.39 Å². The van der Waals surface area contributed by atoms with Crippen molar-refractivity contribution in [1.82, 2.24) is 25.7 Å². The number of nitrogens with one attached hydrogen (secondary N) is 3. The summed E-state index contributed by atoms with van der Waals surface area (Å²) in [4.78, 5) is 10.5. The number of halogens is 1. The van der Waals surface area contributed by atoms with Crippen LogP contribution in [-0.4, -0.2) is 41.2 Å². The highest BCUT2D eigenvalue weighted by molar-refractivity contribution is 5.35. The second-order valence-corrected chi connectivity index (χ2v) is 7.53. The second kappa shape index (κ2) is 8.19. The zero-order valence-corrected chi connectivity index (χ0v) is 15.8. The standard InChI is InChI=1S/C20H24FN7/c1-28-6-4-13(5-7-28)14-2-3-16(17(21)8-14)18-9-19(27-26-18)25-20-12-23-15(10-22)11-24-20/h2-3,8,11-13,18-19,26-27H,4-7,9H2,1H3,(H,24,25). The number of hydrogen-bond acceptors (Lipinski definition) is 7. The van der Waals surface area contributed by atoms with Crippen molar-refractivity contribution in [3.8, 4) is 6.07 Å². The monoisotopic (exact) mass is 381 g/mol. The summed E-state index contributed by atoms with van der Waals surface area (Å²) in [5.41, 5.74) is 8.31. The number of rotatable bonds is 4. The van der Waals surface area contributed by atoms with Crippen molar-refractivity contribution in [3.05, 3.63) is 53.2 Å². The Bertz CT molecular complexity index is 856. The van der Waals surface area contributed by atoms with Crippen LogP contribution in [0.3, 0.4) is 0 Å². The maximum Gasteiger partial charge on any atom is 0.158 e. The van der Waals surface area contributed by atoms with E-state index >= 15 is 0 Å². The van der Waals surface area contributed by atoms with E-state index < -0.39 is 0 Å². The van der Waals surface area contributed by atoms with Crippen molar-refractivity contribution in [2.45, 2.75) is 37.4 Å². The van der Waals surface area contributed by atoms with Crippen LogP contribution in [0.5, 0.6) is 0 Å². The molecule has 7 nitrogen and oxygen atoms in total. The van der Waals surface area contributed by atoms with Crippen molar-refractivity contribution in [2.75, 3.05) is 25.5 Å². The minimum atomic E-state index is -0.158. The van der Waals surface area contributed by atoms with Crippen molar-refractivity contribution in [2.24, 2.45) is 0 Å². The van der Waals surface area contributed by atoms with Gasteiger partial charge in [0.2, 0.25) is 0 Å². The molecule has 2 fully saturated rings. The molecule has 2 aliphatic heterocycles. The molecule has 8 heteroatoms. The van der Waals surface area contributed by atoms with Crippen LogP contribution in [0.25, 0.3) is 0 Å². The lowest BCUT2D eigenvalue weighted by molar-refractivity contribution is 0.255. The largest absolute Gasteiger partial charge is 0.352 e. The first-order chi connectivity index (χ1) is 13.6. The highest BCUT2D eigenvalue weighted by Gasteiger charge is 2.28. The van der Waals surface area contributed by atoms with Gasteiger partial charge in [-0.05, 0) is 50.5 Å². The molecule has 0 saturated carbocycles. The van der Waals surface area contributed by atoms with E-state index in [0.717, 1.165) is 31.5 Å². The summed E-state index contributed by atoms with van der Waals surface area (Å²) in [6.07, 6.45) is 5.65. The van der Waals surface area contributed by atoms with Gasteiger partial charge in [-0.1, -0.05) is 12.1 Å². The van der Waals surface area contributed by atoms with Crippen LogP contribution in [0.15, 0.2) is 30.6 Å². The van der Waals surface area contributed by atoms with Crippen LogP contribution >= 0.6 is 0 Å². The van der Waals surface area contributed by atoms with Gasteiger partial charge in [0, 0.05) is 12.0 Å². The highest BCUT2D eigenvalue weighted by Crippen LogP contribution is 2.31. The van der Waals surface area contributed by atoms with Gasteiger partial charge in [0.05, 0.1) is 24.6 Å². The highest BCUT2D eigenvalue weighted by atomic mass is 19.1. The molecule has 2 atom stereocenters. The summed E-state index contributed by atoms with van der Waals surface area (Å²) < 4.78 is 14.8. The molecule has 3 N–H and O–H groups in total. The Hall–Kier alpha value is -2.60. The number of likely N-dealkylation sites (tertiary alicyclic amines) is 1. The number of anilines is 1. The van der Waals surface area contributed by atoms with Crippen molar-refractivity contribution >= 4 is 5.82 Å². The molecule has 1 aromatic carbocycles. The minimum Gasteiger partial charge on any atom is -0.352 e. The number of piperidine rings is 1. The number of nitriles is 1. The van der Waals surface area contributed by atoms with Crippen LogP contribution in [0, 0.1) is 17.1 Å². The number of hydrogen-bond donors (Lipinski definition) is 3. The van der Waals surface area contributed by atoms with Gasteiger partial charge >= 0.3 is 0 Å². The van der Waals surface area contributed by atoms with Crippen molar-refractivity contribution in [1.29, 1.82) is 5.26 Å². The summed E-state index contributed by atoms with van der Waals surface area (Å²) >= 11 is 0. The third-order valence-corrected chi connectivity index (χ3v) is 5.58. The van der Waals surface area contributed by atoms with Gasteiger partial charge in [0.25, 0.3) is 0 Å². The Balaban J connectivity index is 1.38. The first kappa shape index (κ1) is 18.7. The SMILES string of the molecule is CN1CCC(c2ccc(C3CC(Nc4cnc(C#N)cn4)NN3)c(F)c2)CC1. The number of hydrazine groups is 1. The fourth-order valence-corrected chi connectivity index (χ4v) is 3.92. The molecule has 4 rings (SSSR count). The van der Waals surface area contributed by atoms with Gasteiger partial charge in [-0.15, -0.1) is 0 Å². The van der Waals surface area contributed by atoms with Crippen LogP contribution in [-0.2, 0) is 0 Å². The molecule has 2 saturated heterocycles. The molecule has 0 aliphatic carbocycles. The lowest BCUT2D eigenvalue weighted by Crippen LogP contribution is -2.36. The predicted octanol–water partition coefficient (Wildman–Crippen LogP) is 2.27. The molecule has 146 valence electrons. The van der Waals surface area contributed by atoms with Crippen LogP contribution < -0.4 is 16.2 Å². The van der Waals surface area contributed by atoms with Crippen molar-refractivity contribution in [3.63, 3.8) is 0 Å². The molecule has 3 heterocycles. The van der Waals surface area contributed by atoms with Gasteiger partial charge in [-0.25, -0.2) is 25.2 Å². The van der Waals surface area contributed by atoms with E-state index in [2.05, 4.69) is 44.2 Å². The molecule has 0 spiro atoms. The zero-order valence-electron chi connectivity index (χ0n) is 15.8. The van der Waals surface area contributed by atoms with Gasteiger partial charge in [0.1, 0.15) is 17.7 Å². The van der Waals surface area contributed by atoms with E-state index in [4.69, 9.17) is 5.26 Å². The Kier molecular flexibility index (Phi) is 5.48. The third kappa shape index (κ3) is 4.12. The Morgan fingerprint density at radius 1 is 1.21 bits per heavy atom. The van der Waals surface area contributed by atoms with Gasteiger partial charge in [0.15, 0.2) is 5.69 Å². The summed E-state index contributed by atoms with van der Waals surface area (Å²) in [6, 6.07) is 7.50. The van der Waals surface area contributed by atoms with Crippen LogP contribution in [0.1, 0.15) is 48.0 Å². The summed E-state index contributed by atoms with van der Waals surface area (Å²) in [5.74, 6) is 0.852. The lowest BCUT2D eigenvalue weighted by atomic mass is 9.88. The Labute approximate surface area is 164 Å². The smallest absolute Gasteiger partial charge is 0.158 e. The fourth-order valence-electron chi connectivity index (χ4n) is 3.92. The average molecular weight is 381 g/mol. The molecule has 28 heavy (non-hydrogen) atoms. The molecule has 2 unspecified atom stereocenters. The summed E-state index contributed by atoms with van der Waals surface area (Å²) in [7, 11) is 2.13. The number of aromatic nitrogens is 2. The Morgan fingerprint density at radius 3 is 2.71 bits per heavy atom. The number of benzene rings is 1. The topological polar surface area (TPSA) is 88.9 Å². The van der Waals surface area contributed by atoms with E-state index in [1.54, 1.807) is 6.07 Å². The Morgan fingerprint density at radius 2 is 2.04 bits per heavy atom. The van der Waals surface area contributed by atoms with Crippen LogP contribution in [0.4, 0.5) is 10.2 Å². The molecule has 2 aromatic rings. The molecule has 2 aliphatic rings. The van der Waals surface area contributed by atoms with Crippen LogP contribution in [0.2, 0.25) is 0 Å². The van der Waals surface area contributed by atoms with Gasteiger partial charge in [-0.3, -0.25) is 0 Å². The van der Waals surface area contributed by atoms with E-state index in [1.165, 1.54) is 12.4 Å². The first-order valence-corrected chi connectivity index (χ1v) is 9.60. The fraction of sp³-hybridized carbons (Fsp3) is 0.450. The van der Waals surface area contributed by atoms with Gasteiger partial charge in [-0.2, -0.15) is 5.26 Å². The maximum atomic E-state index is 14.8. The molecule has 0 amide bonds. The van der Waals surface area contributed by atoms with E-state index in [1.807, 2.05) is 12.1 Å². The molecular weight excluding hydrogens is 357 g/mol. The molecule has 0 bridgehead atoms. The zero-order chi connectivity index (χ0) is 19.5. The molecule has 1 aromatic heterocycles. The first-order valence-electron chi connectivity index (χ1n) is 9.60. The number of nitrogens with zero attached hydrogens (tertiary/aromatic N) is 4. The van der Waals surface area contributed by atoms with Gasteiger partial charge < -0.3 is 10.2 Å². The third-order valence-electron chi connectivity index (χ3n) is 5.58. The minimum absolute atomic E-state index is 0.111. The second-order valence-electron chi connectivity index (χ2n) is 7.53. The predicted molar refractivity (Wildman–Crippen MR) is 104 cm³/mol. The maximum absolute atomic E-state index is 14.8. The molecule has 0 radical (unpaired) electrons. The average Bonchev–Trinajstić information content (AvgIpc) is 3.17.